The third kappa shape index (κ3) is 2.96. The van der Waals surface area contributed by atoms with E-state index in [9.17, 15) is 9.59 Å². The Labute approximate surface area is 63.0 Å². The van der Waals surface area contributed by atoms with Gasteiger partial charge in [-0.3, -0.25) is 4.79 Å². The van der Waals surface area contributed by atoms with Crippen molar-refractivity contribution >= 4 is 11.9 Å². The van der Waals surface area contributed by atoms with Gasteiger partial charge in [-0.2, -0.15) is 0 Å². The lowest BCUT2D eigenvalue weighted by atomic mass is 10.2. The average Bonchev–Trinajstić information content (AvgIpc) is 1.86. The van der Waals surface area contributed by atoms with E-state index in [0.717, 1.165) is 6.92 Å². The SMILES string of the molecule is C[C@](O)(NC(=O)CN)C(=O)O. The summed E-state index contributed by atoms with van der Waals surface area (Å²) >= 11 is 0. The maximum atomic E-state index is 10.5. The van der Waals surface area contributed by atoms with E-state index in [2.05, 4.69) is 0 Å². The Hall–Kier alpha value is -1.14. The van der Waals surface area contributed by atoms with Crippen LogP contribution in [-0.4, -0.2) is 34.4 Å². The highest BCUT2D eigenvalue weighted by Crippen LogP contribution is 1.96. The van der Waals surface area contributed by atoms with Gasteiger partial charge < -0.3 is 21.3 Å². The van der Waals surface area contributed by atoms with Crippen LogP contribution in [0.2, 0.25) is 0 Å². The van der Waals surface area contributed by atoms with E-state index in [1.54, 1.807) is 5.32 Å². The maximum Gasteiger partial charge on any atom is 0.356 e. The molecule has 0 fully saturated rings. The highest BCUT2D eigenvalue weighted by Gasteiger charge is 2.30. The number of rotatable bonds is 3. The predicted molar refractivity (Wildman–Crippen MR) is 35.5 cm³/mol. The van der Waals surface area contributed by atoms with Crippen LogP contribution in [0.1, 0.15) is 6.92 Å². The Morgan fingerprint density at radius 3 is 2.36 bits per heavy atom. The van der Waals surface area contributed by atoms with Crippen molar-refractivity contribution in [1.82, 2.24) is 5.32 Å². The summed E-state index contributed by atoms with van der Waals surface area (Å²) in [5.41, 5.74) is 2.62. The number of aliphatic carboxylic acids is 1. The fraction of sp³-hybridized carbons (Fsp3) is 0.600. The summed E-state index contributed by atoms with van der Waals surface area (Å²) < 4.78 is 0. The van der Waals surface area contributed by atoms with Crippen molar-refractivity contribution in [2.45, 2.75) is 12.6 Å². The fourth-order valence-electron chi connectivity index (χ4n) is 0.376. The van der Waals surface area contributed by atoms with Gasteiger partial charge in [0.25, 0.3) is 0 Å². The number of nitrogens with one attached hydrogen (secondary N) is 1. The van der Waals surface area contributed by atoms with Crippen molar-refractivity contribution in [2.75, 3.05) is 6.54 Å². The Balaban J connectivity index is 4.12. The third-order valence-corrected chi connectivity index (χ3v) is 0.985. The molecule has 0 saturated heterocycles. The minimum atomic E-state index is -2.24. The molecule has 0 rings (SSSR count). The summed E-state index contributed by atoms with van der Waals surface area (Å²) in [6, 6.07) is 0. The normalized spacial score (nSPS) is 15.2. The van der Waals surface area contributed by atoms with Gasteiger partial charge in [-0.1, -0.05) is 0 Å². The lowest BCUT2D eigenvalue weighted by Gasteiger charge is -2.18. The van der Waals surface area contributed by atoms with E-state index in [0.29, 0.717) is 0 Å². The number of carboxylic acids is 1. The lowest BCUT2D eigenvalue weighted by molar-refractivity contribution is -0.162. The van der Waals surface area contributed by atoms with E-state index < -0.39 is 17.6 Å². The van der Waals surface area contributed by atoms with Crippen LogP contribution in [0.3, 0.4) is 0 Å². The summed E-state index contributed by atoms with van der Waals surface area (Å²) in [5.74, 6) is -2.25. The first-order chi connectivity index (χ1) is 4.90. The quantitative estimate of drug-likeness (QED) is 0.353. The highest BCUT2D eigenvalue weighted by molar-refractivity contribution is 5.85. The second kappa shape index (κ2) is 3.31. The number of aliphatic hydroxyl groups is 1. The van der Waals surface area contributed by atoms with Crippen LogP contribution in [0.15, 0.2) is 0 Å². The standard InChI is InChI=1S/C5H10N2O4/c1-5(11,4(9)10)7-3(8)2-6/h11H,2,6H2,1H3,(H,7,8)(H,9,10)/t5-/m1/s1. The zero-order valence-electron chi connectivity index (χ0n) is 6.00. The molecule has 6 nitrogen and oxygen atoms in total. The molecule has 0 radical (unpaired) electrons. The Morgan fingerprint density at radius 1 is 1.64 bits per heavy atom. The van der Waals surface area contributed by atoms with Crippen LogP contribution in [0.25, 0.3) is 0 Å². The minimum Gasteiger partial charge on any atom is -0.478 e. The summed E-state index contributed by atoms with van der Waals surface area (Å²) in [7, 11) is 0. The number of carbonyl (C=O) groups is 2. The molecule has 5 N–H and O–H groups in total. The van der Waals surface area contributed by atoms with Crippen molar-refractivity contribution < 1.29 is 19.8 Å². The van der Waals surface area contributed by atoms with Crippen LogP contribution >= 0.6 is 0 Å². The molecule has 0 heterocycles. The summed E-state index contributed by atoms with van der Waals surface area (Å²) in [5, 5.41) is 19.0. The van der Waals surface area contributed by atoms with E-state index in [4.69, 9.17) is 15.9 Å². The summed E-state index contributed by atoms with van der Waals surface area (Å²) in [6.45, 7) is 0.590. The fourth-order valence-corrected chi connectivity index (χ4v) is 0.376. The molecule has 0 saturated carbocycles. The van der Waals surface area contributed by atoms with E-state index in [-0.39, 0.29) is 6.54 Å². The molecule has 6 heteroatoms. The topological polar surface area (TPSA) is 113 Å². The molecule has 0 spiro atoms. The smallest absolute Gasteiger partial charge is 0.356 e. The Bertz CT molecular complexity index is 177. The van der Waals surface area contributed by atoms with Crippen LogP contribution in [-0.2, 0) is 9.59 Å². The molecule has 0 unspecified atom stereocenters. The lowest BCUT2D eigenvalue weighted by Crippen LogP contribution is -2.53. The molecular weight excluding hydrogens is 152 g/mol. The monoisotopic (exact) mass is 162 g/mol. The van der Waals surface area contributed by atoms with Gasteiger partial charge in [-0.05, 0) is 6.92 Å². The molecule has 0 aliphatic rings. The zero-order chi connectivity index (χ0) is 9.07. The van der Waals surface area contributed by atoms with Crippen molar-refractivity contribution in [3.8, 4) is 0 Å². The number of carboxylic acid groups (broad SMARTS) is 1. The van der Waals surface area contributed by atoms with Crippen molar-refractivity contribution in [3.63, 3.8) is 0 Å². The largest absolute Gasteiger partial charge is 0.478 e. The molecule has 0 aromatic carbocycles. The number of amides is 1. The van der Waals surface area contributed by atoms with Crippen molar-refractivity contribution in [2.24, 2.45) is 5.73 Å². The molecule has 64 valence electrons. The van der Waals surface area contributed by atoms with Crippen molar-refractivity contribution in [1.29, 1.82) is 0 Å². The van der Waals surface area contributed by atoms with Crippen LogP contribution in [0, 0.1) is 0 Å². The minimum absolute atomic E-state index is 0.358. The second-order valence-corrected chi connectivity index (χ2v) is 2.13. The van der Waals surface area contributed by atoms with E-state index in [1.165, 1.54) is 0 Å². The Kier molecular flexibility index (Phi) is 2.97. The molecule has 0 aromatic heterocycles. The van der Waals surface area contributed by atoms with Gasteiger partial charge >= 0.3 is 5.97 Å². The maximum absolute atomic E-state index is 10.5. The van der Waals surface area contributed by atoms with Gasteiger partial charge in [0.15, 0.2) is 0 Å². The summed E-state index contributed by atoms with van der Waals surface area (Å²) in [6.07, 6.45) is 0. The van der Waals surface area contributed by atoms with Crippen LogP contribution in [0.4, 0.5) is 0 Å². The predicted octanol–water partition coefficient (Wildman–Crippen LogP) is -2.15. The average molecular weight is 162 g/mol. The molecule has 0 aromatic rings. The number of carbonyl (C=O) groups excluding carboxylic acids is 1. The first-order valence-electron chi connectivity index (χ1n) is 2.87. The number of hydrogen-bond acceptors (Lipinski definition) is 4. The van der Waals surface area contributed by atoms with Gasteiger partial charge in [0, 0.05) is 0 Å². The third-order valence-electron chi connectivity index (χ3n) is 0.985. The van der Waals surface area contributed by atoms with Gasteiger partial charge in [0.1, 0.15) is 0 Å². The highest BCUT2D eigenvalue weighted by atomic mass is 16.4. The molecule has 0 bridgehead atoms. The van der Waals surface area contributed by atoms with Gasteiger partial charge in [0.2, 0.25) is 11.6 Å². The van der Waals surface area contributed by atoms with Crippen LogP contribution < -0.4 is 11.1 Å². The molecule has 11 heavy (non-hydrogen) atoms. The Morgan fingerprint density at radius 2 is 2.09 bits per heavy atom. The summed E-state index contributed by atoms with van der Waals surface area (Å²) in [4.78, 5) is 20.6. The zero-order valence-corrected chi connectivity index (χ0v) is 6.00. The molecular formula is C5H10N2O4. The number of nitrogens with two attached hydrogens (primary N) is 1. The molecule has 1 amide bonds. The molecule has 0 aliphatic heterocycles. The van der Waals surface area contributed by atoms with Gasteiger partial charge in [0.05, 0.1) is 6.54 Å². The van der Waals surface area contributed by atoms with Gasteiger partial charge in [-0.25, -0.2) is 4.79 Å². The van der Waals surface area contributed by atoms with Gasteiger partial charge in [-0.15, -0.1) is 0 Å². The first-order valence-corrected chi connectivity index (χ1v) is 2.87. The van der Waals surface area contributed by atoms with E-state index in [1.807, 2.05) is 0 Å². The molecule has 0 aliphatic carbocycles. The second-order valence-electron chi connectivity index (χ2n) is 2.13. The van der Waals surface area contributed by atoms with Crippen LogP contribution in [0.5, 0.6) is 0 Å². The molecule has 1 atom stereocenters. The van der Waals surface area contributed by atoms with E-state index >= 15 is 0 Å². The van der Waals surface area contributed by atoms with Crippen molar-refractivity contribution in [3.05, 3.63) is 0 Å². The first kappa shape index (κ1) is 9.86. The number of hydrogen-bond donors (Lipinski definition) is 4.